The minimum Gasteiger partial charge on any atom is -0.465 e. The molecule has 0 N–H and O–H groups in total. The zero-order valence-electron chi connectivity index (χ0n) is 24.9. The first kappa shape index (κ1) is 34.5. The van der Waals surface area contributed by atoms with Gasteiger partial charge in [0.05, 0.1) is 12.0 Å². The number of hydrogen-bond acceptors (Lipinski definition) is 2. The number of carbonyl (C=O) groups is 1. The third-order valence-corrected chi connectivity index (χ3v) is 7.89. The summed E-state index contributed by atoms with van der Waals surface area (Å²) in [4.78, 5) is 13.0. The molecule has 0 aliphatic heterocycles. The Morgan fingerprint density at radius 1 is 0.457 bits per heavy atom. The van der Waals surface area contributed by atoms with Gasteiger partial charge in [0.2, 0.25) is 0 Å². The van der Waals surface area contributed by atoms with Crippen molar-refractivity contribution in [2.75, 3.05) is 6.61 Å². The van der Waals surface area contributed by atoms with Crippen LogP contribution in [0.25, 0.3) is 0 Å². The minimum atomic E-state index is -0.270. The lowest BCUT2D eigenvalue weighted by Crippen LogP contribution is -2.30. The second-order valence-electron chi connectivity index (χ2n) is 11.6. The van der Waals surface area contributed by atoms with Crippen LogP contribution in [-0.2, 0) is 9.53 Å². The summed E-state index contributed by atoms with van der Waals surface area (Å²) in [7, 11) is 0. The summed E-state index contributed by atoms with van der Waals surface area (Å²) in [5.74, 6) is 0.0799. The van der Waals surface area contributed by atoms with Crippen LogP contribution in [0.15, 0.2) is 0 Å². The molecule has 2 heteroatoms. The molecule has 1 atom stereocenters. The third kappa shape index (κ3) is 22.4. The minimum absolute atomic E-state index is 0.0799. The summed E-state index contributed by atoms with van der Waals surface area (Å²) < 4.78 is 5.82. The van der Waals surface area contributed by atoms with E-state index in [1.807, 2.05) is 0 Å². The second kappa shape index (κ2) is 26.5. The summed E-state index contributed by atoms with van der Waals surface area (Å²) >= 11 is 0. The van der Waals surface area contributed by atoms with Crippen LogP contribution in [0.3, 0.4) is 0 Å². The Labute approximate surface area is 222 Å². The standard InChI is InChI=1S/C33H66O2/c1-5-8-11-13-15-17-18-19-21-23-25-28-31-35-32(34)33(4,29-26-10-7-3)30-27-24-22-20-16-14-12-9-6-2/h5-31H2,1-4H3. The highest BCUT2D eigenvalue weighted by molar-refractivity contribution is 5.76. The fraction of sp³-hybridized carbons (Fsp3) is 0.970. The lowest BCUT2D eigenvalue weighted by Gasteiger charge is -2.27. The first-order valence-corrected chi connectivity index (χ1v) is 16.3. The Morgan fingerprint density at radius 2 is 0.743 bits per heavy atom. The summed E-state index contributed by atoms with van der Waals surface area (Å²) in [6.45, 7) is 9.60. The fourth-order valence-electron chi connectivity index (χ4n) is 5.20. The Balaban J connectivity index is 3.93. The van der Waals surface area contributed by atoms with Crippen LogP contribution in [0.2, 0.25) is 0 Å². The molecule has 0 spiro atoms. The first-order valence-electron chi connectivity index (χ1n) is 16.3. The van der Waals surface area contributed by atoms with Crippen LogP contribution in [0, 0.1) is 5.41 Å². The monoisotopic (exact) mass is 495 g/mol. The van der Waals surface area contributed by atoms with Crippen LogP contribution in [0.1, 0.15) is 195 Å². The van der Waals surface area contributed by atoms with Crippen LogP contribution in [0.5, 0.6) is 0 Å². The summed E-state index contributed by atoms with van der Waals surface area (Å²) in [6, 6.07) is 0. The van der Waals surface area contributed by atoms with E-state index < -0.39 is 0 Å². The van der Waals surface area contributed by atoms with Crippen LogP contribution in [-0.4, -0.2) is 12.6 Å². The van der Waals surface area contributed by atoms with E-state index in [2.05, 4.69) is 27.7 Å². The molecule has 0 saturated carbocycles. The van der Waals surface area contributed by atoms with Crippen molar-refractivity contribution < 1.29 is 9.53 Å². The topological polar surface area (TPSA) is 26.3 Å². The molecule has 0 fully saturated rings. The molecule has 0 aromatic rings. The van der Waals surface area contributed by atoms with Gasteiger partial charge in [0, 0.05) is 0 Å². The lowest BCUT2D eigenvalue weighted by atomic mass is 9.79. The van der Waals surface area contributed by atoms with Crippen molar-refractivity contribution in [2.45, 2.75) is 195 Å². The average Bonchev–Trinajstić information content (AvgIpc) is 2.86. The number of esters is 1. The van der Waals surface area contributed by atoms with Crippen LogP contribution >= 0.6 is 0 Å². The number of ether oxygens (including phenoxy) is 1. The van der Waals surface area contributed by atoms with Gasteiger partial charge < -0.3 is 4.74 Å². The quantitative estimate of drug-likeness (QED) is 0.0798. The molecule has 1 unspecified atom stereocenters. The van der Waals surface area contributed by atoms with E-state index in [9.17, 15) is 4.79 Å². The van der Waals surface area contributed by atoms with Crippen molar-refractivity contribution >= 4 is 5.97 Å². The number of carbonyl (C=O) groups excluding carboxylic acids is 1. The highest BCUT2D eigenvalue weighted by atomic mass is 16.5. The van der Waals surface area contributed by atoms with E-state index in [0.29, 0.717) is 6.61 Å². The largest absolute Gasteiger partial charge is 0.465 e. The molecule has 0 bridgehead atoms. The van der Waals surface area contributed by atoms with E-state index in [0.717, 1.165) is 25.7 Å². The van der Waals surface area contributed by atoms with Crippen molar-refractivity contribution in [3.63, 3.8) is 0 Å². The Hall–Kier alpha value is -0.530. The predicted octanol–water partition coefficient (Wildman–Crippen LogP) is 11.7. The van der Waals surface area contributed by atoms with Crippen molar-refractivity contribution in [1.82, 2.24) is 0 Å². The van der Waals surface area contributed by atoms with E-state index in [1.54, 1.807) is 0 Å². The average molecular weight is 495 g/mol. The molecule has 0 aromatic carbocycles. The normalized spacial score (nSPS) is 13.1. The van der Waals surface area contributed by atoms with Gasteiger partial charge in [-0.3, -0.25) is 4.79 Å². The summed E-state index contributed by atoms with van der Waals surface area (Å²) in [6.07, 6.45) is 33.7. The van der Waals surface area contributed by atoms with Crippen molar-refractivity contribution in [2.24, 2.45) is 5.41 Å². The van der Waals surface area contributed by atoms with Gasteiger partial charge in [-0.25, -0.2) is 0 Å². The maximum Gasteiger partial charge on any atom is 0.311 e. The number of unbranched alkanes of at least 4 members (excludes halogenated alkanes) is 21. The van der Waals surface area contributed by atoms with Gasteiger partial charge >= 0.3 is 5.97 Å². The van der Waals surface area contributed by atoms with Crippen molar-refractivity contribution in [1.29, 1.82) is 0 Å². The molecule has 210 valence electrons. The zero-order chi connectivity index (χ0) is 25.9. The van der Waals surface area contributed by atoms with Crippen LogP contribution in [0.4, 0.5) is 0 Å². The Morgan fingerprint density at radius 3 is 1.14 bits per heavy atom. The molecular weight excluding hydrogens is 428 g/mol. The molecule has 0 aliphatic carbocycles. The predicted molar refractivity (Wildman–Crippen MR) is 156 cm³/mol. The Kier molecular flexibility index (Phi) is 26.1. The molecule has 2 nitrogen and oxygen atoms in total. The van der Waals surface area contributed by atoms with Crippen molar-refractivity contribution in [3.05, 3.63) is 0 Å². The van der Waals surface area contributed by atoms with E-state index in [4.69, 9.17) is 4.74 Å². The smallest absolute Gasteiger partial charge is 0.311 e. The molecule has 0 radical (unpaired) electrons. The molecule has 0 aliphatic rings. The van der Waals surface area contributed by atoms with Gasteiger partial charge in [0.25, 0.3) is 0 Å². The second-order valence-corrected chi connectivity index (χ2v) is 11.6. The molecule has 0 rings (SSSR count). The highest BCUT2D eigenvalue weighted by Crippen LogP contribution is 2.33. The molecule has 0 saturated heterocycles. The summed E-state index contributed by atoms with van der Waals surface area (Å²) in [5.41, 5.74) is -0.270. The molecular formula is C33H66O2. The van der Waals surface area contributed by atoms with Crippen molar-refractivity contribution in [3.8, 4) is 0 Å². The van der Waals surface area contributed by atoms with Crippen LogP contribution < -0.4 is 0 Å². The SMILES string of the molecule is CCCCCCCCCCCCCCOC(=O)C(C)(CCCCC)CCCCCCCCCCC. The first-order chi connectivity index (χ1) is 17.1. The van der Waals surface area contributed by atoms with Gasteiger partial charge in [-0.1, -0.05) is 168 Å². The van der Waals surface area contributed by atoms with Gasteiger partial charge in [-0.15, -0.1) is 0 Å². The van der Waals surface area contributed by atoms with E-state index >= 15 is 0 Å². The maximum absolute atomic E-state index is 13.0. The maximum atomic E-state index is 13.0. The summed E-state index contributed by atoms with van der Waals surface area (Å²) in [5, 5.41) is 0. The lowest BCUT2D eigenvalue weighted by molar-refractivity contribution is -0.156. The molecule has 0 amide bonds. The molecule has 0 heterocycles. The Bertz CT molecular complexity index is 433. The van der Waals surface area contributed by atoms with E-state index in [-0.39, 0.29) is 11.4 Å². The van der Waals surface area contributed by atoms with Gasteiger partial charge in [-0.2, -0.15) is 0 Å². The van der Waals surface area contributed by atoms with E-state index in [1.165, 1.54) is 141 Å². The molecule has 35 heavy (non-hydrogen) atoms. The fourth-order valence-corrected chi connectivity index (χ4v) is 5.20. The zero-order valence-corrected chi connectivity index (χ0v) is 24.9. The third-order valence-electron chi connectivity index (χ3n) is 7.89. The number of hydrogen-bond donors (Lipinski definition) is 0. The van der Waals surface area contributed by atoms with Gasteiger partial charge in [0.1, 0.15) is 0 Å². The number of rotatable bonds is 28. The molecule has 0 aromatic heterocycles. The van der Waals surface area contributed by atoms with Gasteiger partial charge in [-0.05, 0) is 26.2 Å². The highest BCUT2D eigenvalue weighted by Gasteiger charge is 2.33. The van der Waals surface area contributed by atoms with Gasteiger partial charge in [0.15, 0.2) is 0 Å².